The number of hydrogen-bond acceptors (Lipinski definition) is 2. The minimum atomic E-state index is 0.0477. The van der Waals surface area contributed by atoms with E-state index >= 15 is 0 Å². The summed E-state index contributed by atoms with van der Waals surface area (Å²) in [6, 6.07) is 15.3. The molecule has 1 aromatic heterocycles. The van der Waals surface area contributed by atoms with Crippen LogP contribution >= 0.6 is 23.2 Å². The number of halogens is 2. The van der Waals surface area contributed by atoms with Crippen LogP contribution < -0.4 is 0 Å². The van der Waals surface area contributed by atoms with Gasteiger partial charge in [0.2, 0.25) is 0 Å². The zero-order valence-corrected chi connectivity index (χ0v) is 15.0. The highest BCUT2D eigenvalue weighted by Crippen LogP contribution is 2.34. The maximum atomic E-state index is 11.5. The molecule has 2 heterocycles. The van der Waals surface area contributed by atoms with Crippen molar-refractivity contribution >= 4 is 34.7 Å². The van der Waals surface area contributed by atoms with Crippen molar-refractivity contribution in [1.82, 2.24) is 4.57 Å². The Morgan fingerprint density at radius 3 is 2.56 bits per heavy atom. The van der Waals surface area contributed by atoms with Crippen LogP contribution in [-0.4, -0.2) is 16.1 Å². The fourth-order valence-corrected chi connectivity index (χ4v) is 3.48. The quantitative estimate of drug-likeness (QED) is 0.562. The summed E-state index contributed by atoms with van der Waals surface area (Å²) < 4.78 is 2.07. The first-order chi connectivity index (χ1) is 12.1. The van der Waals surface area contributed by atoms with Gasteiger partial charge < -0.3 is 4.57 Å². The molecule has 1 aliphatic rings. The monoisotopic (exact) mass is 368 g/mol. The topological polar surface area (TPSA) is 34.4 Å². The van der Waals surface area contributed by atoms with Gasteiger partial charge in [0.1, 0.15) is 0 Å². The Morgan fingerprint density at radius 2 is 1.84 bits per heavy atom. The summed E-state index contributed by atoms with van der Waals surface area (Å²) in [5.74, 6) is 0.0477. The number of fused-ring (bicyclic) bond motifs is 3. The second kappa shape index (κ2) is 6.17. The second-order valence-corrected chi connectivity index (χ2v) is 6.71. The van der Waals surface area contributed by atoms with Crippen molar-refractivity contribution in [3.63, 3.8) is 0 Å². The Morgan fingerprint density at radius 1 is 1.08 bits per heavy atom. The first-order valence-electron chi connectivity index (χ1n) is 7.87. The van der Waals surface area contributed by atoms with Gasteiger partial charge in [-0.3, -0.25) is 9.79 Å². The maximum absolute atomic E-state index is 11.5. The highest BCUT2D eigenvalue weighted by molar-refractivity contribution is 6.42. The summed E-state index contributed by atoms with van der Waals surface area (Å²) in [6.07, 6.45) is 1.99. The number of nitrogens with zero attached hydrogens (tertiary/aromatic N) is 2. The van der Waals surface area contributed by atoms with Crippen molar-refractivity contribution in [2.75, 3.05) is 0 Å². The maximum Gasteiger partial charge on any atom is 0.159 e. The van der Waals surface area contributed by atoms with E-state index in [9.17, 15) is 4.79 Å². The summed E-state index contributed by atoms with van der Waals surface area (Å²) in [4.78, 5) is 16.3. The molecule has 0 radical (unpaired) electrons. The normalized spacial score (nSPS) is 12.8. The van der Waals surface area contributed by atoms with Gasteiger partial charge in [-0.25, -0.2) is 0 Å². The van der Waals surface area contributed by atoms with Gasteiger partial charge in [-0.15, -0.1) is 0 Å². The highest BCUT2D eigenvalue weighted by atomic mass is 35.5. The SMILES string of the molecule is CC(=O)c1ccc(C2=NCc3c(ccc(Cl)c3Cl)-n3cccc32)cc1. The van der Waals surface area contributed by atoms with Crippen molar-refractivity contribution in [3.05, 3.63) is 87.2 Å². The van der Waals surface area contributed by atoms with Crippen LogP contribution in [0.5, 0.6) is 0 Å². The predicted octanol–water partition coefficient (Wildman–Crippen LogP) is 5.34. The summed E-state index contributed by atoms with van der Waals surface area (Å²) in [6.45, 7) is 2.01. The number of rotatable bonds is 2. The number of aromatic nitrogens is 1. The summed E-state index contributed by atoms with van der Waals surface area (Å²) in [5.41, 5.74) is 5.37. The van der Waals surface area contributed by atoms with E-state index < -0.39 is 0 Å². The third-order valence-electron chi connectivity index (χ3n) is 4.38. The Bertz CT molecular complexity index is 1020. The van der Waals surface area contributed by atoms with Gasteiger partial charge >= 0.3 is 0 Å². The molecule has 2 aromatic carbocycles. The molecule has 0 N–H and O–H groups in total. The van der Waals surface area contributed by atoms with E-state index in [-0.39, 0.29) is 5.78 Å². The van der Waals surface area contributed by atoms with Crippen LogP contribution in [0.4, 0.5) is 0 Å². The molecule has 0 unspecified atom stereocenters. The highest BCUT2D eigenvalue weighted by Gasteiger charge is 2.21. The predicted molar refractivity (Wildman–Crippen MR) is 102 cm³/mol. The molecule has 5 heteroatoms. The molecule has 0 saturated carbocycles. The summed E-state index contributed by atoms with van der Waals surface area (Å²) in [7, 11) is 0. The van der Waals surface area contributed by atoms with Crippen molar-refractivity contribution in [2.24, 2.45) is 4.99 Å². The first-order valence-corrected chi connectivity index (χ1v) is 8.62. The minimum absolute atomic E-state index is 0.0477. The zero-order chi connectivity index (χ0) is 17.6. The smallest absolute Gasteiger partial charge is 0.159 e. The Balaban J connectivity index is 1.88. The molecule has 4 rings (SSSR count). The van der Waals surface area contributed by atoms with Crippen LogP contribution in [-0.2, 0) is 6.54 Å². The number of aliphatic imine (C=N–C) groups is 1. The van der Waals surface area contributed by atoms with Crippen LogP contribution in [0, 0.1) is 0 Å². The molecule has 0 atom stereocenters. The Labute approximate surface area is 155 Å². The second-order valence-electron chi connectivity index (χ2n) is 5.92. The van der Waals surface area contributed by atoms with Crippen LogP contribution in [0.15, 0.2) is 59.7 Å². The van der Waals surface area contributed by atoms with Crippen LogP contribution in [0.1, 0.15) is 34.1 Å². The largest absolute Gasteiger partial charge is 0.315 e. The molecule has 0 amide bonds. The molecule has 0 fully saturated rings. The average molecular weight is 369 g/mol. The number of hydrogen-bond donors (Lipinski definition) is 0. The van der Waals surface area contributed by atoms with E-state index in [1.54, 1.807) is 13.0 Å². The third kappa shape index (κ3) is 2.70. The number of ketones is 1. The zero-order valence-electron chi connectivity index (χ0n) is 13.5. The van der Waals surface area contributed by atoms with Gasteiger partial charge in [0.05, 0.1) is 33.7 Å². The van der Waals surface area contributed by atoms with E-state index in [0.29, 0.717) is 22.2 Å². The number of benzene rings is 2. The van der Waals surface area contributed by atoms with Crippen LogP contribution in [0.25, 0.3) is 5.69 Å². The van der Waals surface area contributed by atoms with E-state index in [2.05, 4.69) is 4.57 Å². The van der Waals surface area contributed by atoms with E-state index in [4.69, 9.17) is 28.2 Å². The van der Waals surface area contributed by atoms with Crippen molar-refractivity contribution < 1.29 is 4.79 Å². The van der Waals surface area contributed by atoms with Crippen molar-refractivity contribution in [3.8, 4) is 5.69 Å². The van der Waals surface area contributed by atoms with Gasteiger partial charge in [0.15, 0.2) is 5.78 Å². The Kier molecular flexibility index (Phi) is 3.98. The lowest BCUT2D eigenvalue weighted by Crippen LogP contribution is -2.08. The lowest BCUT2D eigenvalue weighted by molar-refractivity contribution is 0.101. The molecule has 3 aromatic rings. The lowest BCUT2D eigenvalue weighted by atomic mass is 10.0. The molecular weight excluding hydrogens is 355 g/mol. The molecule has 1 aliphatic heterocycles. The molecule has 0 bridgehead atoms. The van der Waals surface area contributed by atoms with Gasteiger partial charge in [-0.2, -0.15) is 0 Å². The summed E-state index contributed by atoms with van der Waals surface area (Å²) in [5, 5.41) is 1.06. The lowest BCUT2D eigenvalue weighted by Gasteiger charge is -2.12. The van der Waals surface area contributed by atoms with E-state index in [1.807, 2.05) is 48.7 Å². The van der Waals surface area contributed by atoms with Gasteiger partial charge in [-0.1, -0.05) is 47.5 Å². The average Bonchev–Trinajstić information content (AvgIpc) is 3.02. The molecule has 25 heavy (non-hydrogen) atoms. The van der Waals surface area contributed by atoms with Gasteiger partial charge in [0.25, 0.3) is 0 Å². The van der Waals surface area contributed by atoms with E-state index in [1.165, 1.54) is 0 Å². The fourth-order valence-electron chi connectivity index (χ4n) is 3.08. The molecule has 0 saturated heterocycles. The Hall–Kier alpha value is -2.36. The fraction of sp³-hybridized carbons (Fsp3) is 0.100. The molecule has 0 aliphatic carbocycles. The number of carbonyl (C=O) groups is 1. The first kappa shape index (κ1) is 16.1. The van der Waals surface area contributed by atoms with Crippen molar-refractivity contribution in [1.29, 1.82) is 0 Å². The van der Waals surface area contributed by atoms with Gasteiger partial charge in [-0.05, 0) is 31.2 Å². The summed E-state index contributed by atoms with van der Waals surface area (Å²) >= 11 is 12.6. The van der Waals surface area contributed by atoms with Crippen LogP contribution in [0.3, 0.4) is 0 Å². The molecule has 0 spiro atoms. The standard InChI is InChI=1S/C20H14Cl2N2O/c1-12(25)13-4-6-14(7-5-13)20-18-3-2-10-24(18)17-9-8-16(21)19(22)15(17)11-23-20/h2-10H,11H2,1H3. The third-order valence-corrected chi connectivity index (χ3v) is 5.23. The molecule has 124 valence electrons. The van der Waals surface area contributed by atoms with Crippen molar-refractivity contribution in [2.45, 2.75) is 13.5 Å². The van der Waals surface area contributed by atoms with Gasteiger partial charge in [0, 0.05) is 22.9 Å². The molecule has 3 nitrogen and oxygen atoms in total. The van der Waals surface area contributed by atoms with E-state index in [0.717, 1.165) is 28.2 Å². The number of carbonyl (C=O) groups excluding carboxylic acids is 1. The van der Waals surface area contributed by atoms with Crippen LogP contribution in [0.2, 0.25) is 10.0 Å². The number of Topliss-reactive ketones (excluding diaryl/α,β-unsaturated/α-hetero) is 1. The molecular formula is C20H14Cl2N2O. The minimum Gasteiger partial charge on any atom is -0.315 e.